The highest BCUT2D eigenvalue weighted by atomic mass is 16.5. The number of rotatable bonds is 9. The first-order valence-corrected chi connectivity index (χ1v) is 9.21. The lowest BCUT2D eigenvalue weighted by molar-refractivity contribution is -0.136. The Bertz CT molecular complexity index is 875. The number of amides is 4. The van der Waals surface area contributed by atoms with Crippen LogP contribution in [0.2, 0.25) is 0 Å². The number of nitrogens with zero attached hydrogens (tertiary/aromatic N) is 1. The number of carbonyl (C=O) groups excluding carboxylic acids is 4. The number of hydrogen-bond donors (Lipinski definition) is 2. The molecule has 2 aliphatic rings. The van der Waals surface area contributed by atoms with Gasteiger partial charge in [-0.1, -0.05) is 5.92 Å². The number of piperidine rings is 1. The largest absolute Gasteiger partial charge is 0.383 e. The molecule has 0 bridgehead atoms. The van der Waals surface area contributed by atoms with Gasteiger partial charge in [0.25, 0.3) is 11.8 Å². The average Bonchev–Trinajstić information content (AvgIpc) is 2.94. The third-order valence-corrected chi connectivity index (χ3v) is 4.57. The molecule has 2 N–H and O–H groups in total. The van der Waals surface area contributed by atoms with Crippen LogP contribution in [0.15, 0.2) is 18.2 Å². The van der Waals surface area contributed by atoms with E-state index in [2.05, 4.69) is 16.6 Å². The van der Waals surface area contributed by atoms with E-state index in [4.69, 9.17) is 15.9 Å². The molecular formula is C20H21N3O6. The topological polar surface area (TPSA) is 114 Å². The highest BCUT2D eigenvalue weighted by molar-refractivity contribution is 6.23. The van der Waals surface area contributed by atoms with Crippen LogP contribution in [0.5, 0.6) is 0 Å². The number of imide groups is 2. The molecule has 1 aromatic carbocycles. The summed E-state index contributed by atoms with van der Waals surface area (Å²) in [6.45, 7) is 2.00. The zero-order valence-corrected chi connectivity index (χ0v) is 15.7. The van der Waals surface area contributed by atoms with Gasteiger partial charge in [-0.25, -0.2) is 0 Å². The first-order valence-electron chi connectivity index (χ1n) is 9.21. The fraction of sp³-hybridized carbons (Fsp3) is 0.400. The first-order chi connectivity index (χ1) is 14.0. The lowest BCUT2D eigenvalue weighted by Crippen LogP contribution is -2.54. The van der Waals surface area contributed by atoms with Crippen LogP contribution >= 0.6 is 0 Å². The highest BCUT2D eigenvalue weighted by Gasteiger charge is 2.44. The van der Waals surface area contributed by atoms with Gasteiger partial charge in [0.1, 0.15) is 12.6 Å². The number of carbonyl (C=O) groups is 4. The van der Waals surface area contributed by atoms with Crippen molar-refractivity contribution in [3.05, 3.63) is 29.3 Å². The maximum Gasteiger partial charge on any atom is 0.262 e. The molecule has 29 heavy (non-hydrogen) atoms. The smallest absolute Gasteiger partial charge is 0.262 e. The van der Waals surface area contributed by atoms with Crippen LogP contribution in [0.25, 0.3) is 0 Å². The Hall–Kier alpha value is -3.22. The maximum atomic E-state index is 12.7. The van der Waals surface area contributed by atoms with Crippen LogP contribution in [0.3, 0.4) is 0 Å². The summed E-state index contributed by atoms with van der Waals surface area (Å²) in [6, 6.07) is 3.85. The number of anilines is 1. The van der Waals surface area contributed by atoms with Crippen LogP contribution < -0.4 is 10.6 Å². The normalized spacial score (nSPS) is 18.4. The van der Waals surface area contributed by atoms with E-state index >= 15 is 0 Å². The molecule has 0 radical (unpaired) electrons. The van der Waals surface area contributed by atoms with Crippen molar-refractivity contribution in [2.24, 2.45) is 0 Å². The molecule has 1 fully saturated rings. The lowest BCUT2D eigenvalue weighted by Gasteiger charge is -2.27. The molecule has 4 amide bonds. The molecule has 1 aromatic rings. The van der Waals surface area contributed by atoms with Gasteiger partial charge in [0.05, 0.1) is 30.9 Å². The number of hydrogen-bond acceptors (Lipinski definition) is 7. The zero-order chi connectivity index (χ0) is 20.8. The van der Waals surface area contributed by atoms with Gasteiger partial charge in [-0.2, -0.15) is 0 Å². The van der Waals surface area contributed by atoms with Gasteiger partial charge in [-0.05, 0) is 24.6 Å². The zero-order valence-electron chi connectivity index (χ0n) is 15.7. The maximum absolute atomic E-state index is 12.7. The number of nitrogens with one attached hydrogen (secondary N) is 2. The van der Waals surface area contributed by atoms with Gasteiger partial charge in [0, 0.05) is 18.7 Å². The van der Waals surface area contributed by atoms with E-state index in [0.29, 0.717) is 32.1 Å². The standard InChI is InChI=1S/C20H21N3O6/c1-2-8-28-10-11-29-9-7-21-13-3-4-14-15(12-13)20(27)23(19(14)26)16-5-6-17(24)22-18(16)25/h1,3-4,12,16,21H,5-11H2,(H,22,24,25). The first kappa shape index (κ1) is 20.5. The second-order valence-electron chi connectivity index (χ2n) is 6.50. The van der Waals surface area contributed by atoms with Crippen molar-refractivity contribution in [2.75, 3.05) is 38.3 Å². The van der Waals surface area contributed by atoms with E-state index in [-0.39, 0.29) is 30.6 Å². The molecule has 0 aromatic heterocycles. The van der Waals surface area contributed by atoms with Crippen LogP contribution in [0.1, 0.15) is 33.6 Å². The SMILES string of the molecule is C#CCOCCOCCNc1ccc2c(c1)C(=O)N(C1CCC(=O)NC1=O)C2=O. The number of terminal acetylenes is 1. The van der Waals surface area contributed by atoms with E-state index < -0.39 is 29.7 Å². The monoisotopic (exact) mass is 399 g/mol. The van der Waals surface area contributed by atoms with Crippen molar-refractivity contribution in [1.29, 1.82) is 0 Å². The molecule has 3 rings (SSSR count). The van der Waals surface area contributed by atoms with Gasteiger partial charge < -0.3 is 14.8 Å². The summed E-state index contributed by atoms with van der Waals surface area (Å²) in [5, 5.41) is 5.29. The Labute approximate surface area is 167 Å². The Balaban J connectivity index is 1.56. The van der Waals surface area contributed by atoms with Crippen molar-refractivity contribution in [3.63, 3.8) is 0 Å². The predicted molar refractivity (Wildman–Crippen MR) is 102 cm³/mol. The second-order valence-corrected chi connectivity index (χ2v) is 6.50. The molecule has 2 aliphatic heterocycles. The number of benzene rings is 1. The summed E-state index contributed by atoms with van der Waals surface area (Å²) >= 11 is 0. The highest BCUT2D eigenvalue weighted by Crippen LogP contribution is 2.29. The molecule has 0 aliphatic carbocycles. The van der Waals surface area contributed by atoms with Crippen molar-refractivity contribution >= 4 is 29.3 Å². The van der Waals surface area contributed by atoms with E-state index in [1.165, 1.54) is 0 Å². The fourth-order valence-electron chi connectivity index (χ4n) is 3.20. The van der Waals surface area contributed by atoms with Gasteiger partial charge in [-0.15, -0.1) is 6.42 Å². The molecule has 152 valence electrons. The Morgan fingerprint density at radius 1 is 1.10 bits per heavy atom. The average molecular weight is 399 g/mol. The van der Waals surface area contributed by atoms with Crippen LogP contribution in [0.4, 0.5) is 5.69 Å². The third kappa shape index (κ3) is 4.62. The molecule has 9 heteroatoms. The number of ether oxygens (including phenoxy) is 2. The van der Waals surface area contributed by atoms with Crippen molar-refractivity contribution in [2.45, 2.75) is 18.9 Å². The van der Waals surface area contributed by atoms with Gasteiger partial charge in [0.2, 0.25) is 11.8 Å². The Morgan fingerprint density at radius 3 is 2.62 bits per heavy atom. The van der Waals surface area contributed by atoms with E-state index in [0.717, 1.165) is 4.90 Å². The van der Waals surface area contributed by atoms with Gasteiger partial charge >= 0.3 is 0 Å². The Morgan fingerprint density at radius 2 is 1.86 bits per heavy atom. The summed E-state index contributed by atoms with van der Waals surface area (Å²) in [4.78, 5) is 49.7. The Kier molecular flexibility index (Phi) is 6.59. The predicted octanol–water partition coefficient (Wildman–Crippen LogP) is 0.166. The molecular weight excluding hydrogens is 378 g/mol. The molecule has 1 atom stereocenters. The van der Waals surface area contributed by atoms with E-state index in [9.17, 15) is 19.2 Å². The minimum absolute atomic E-state index is 0.0877. The summed E-state index contributed by atoms with van der Waals surface area (Å²) in [7, 11) is 0. The van der Waals surface area contributed by atoms with E-state index in [1.807, 2.05) is 0 Å². The molecule has 1 unspecified atom stereocenters. The molecule has 0 saturated carbocycles. The quantitative estimate of drug-likeness (QED) is 0.346. The molecule has 9 nitrogen and oxygen atoms in total. The van der Waals surface area contributed by atoms with Crippen molar-refractivity contribution < 1.29 is 28.7 Å². The third-order valence-electron chi connectivity index (χ3n) is 4.57. The van der Waals surface area contributed by atoms with Crippen molar-refractivity contribution in [1.82, 2.24) is 10.2 Å². The van der Waals surface area contributed by atoms with Crippen LogP contribution in [0, 0.1) is 12.3 Å². The lowest BCUT2D eigenvalue weighted by atomic mass is 10.0. The van der Waals surface area contributed by atoms with Gasteiger partial charge in [-0.3, -0.25) is 29.4 Å². The summed E-state index contributed by atoms with van der Waals surface area (Å²) in [6.07, 6.45) is 5.28. The molecule has 2 heterocycles. The summed E-state index contributed by atoms with van der Waals surface area (Å²) in [5.74, 6) is 0.270. The summed E-state index contributed by atoms with van der Waals surface area (Å²) in [5.41, 5.74) is 1.13. The fourth-order valence-corrected chi connectivity index (χ4v) is 3.20. The molecule has 0 spiro atoms. The minimum atomic E-state index is -0.971. The molecule has 1 saturated heterocycles. The van der Waals surface area contributed by atoms with Crippen LogP contribution in [-0.4, -0.2) is 67.5 Å². The van der Waals surface area contributed by atoms with Crippen LogP contribution in [-0.2, 0) is 19.1 Å². The summed E-state index contributed by atoms with van der Waals surface area (Å²) < 4.78 is 10.5. The number of fused-ring (bicyclic) bond motifs is 1. The van der Waals surface area contributed by atoms with Gasteiger partial charge in [0.15, 0.2) is 0 Å². The van der Waals surface area contributed by atoms with Crippen molar-refractivity contribution in [3.8, 4) is 12.3 Å². The van der Waals surface area contributed by atoms with E-state index in [1.54, 1.807) is 18.2 Å². The minimum Gasteiger partial charge on any atom is -0.383 e. The second kappa shape index (κ2) is 9.32.